The molecule has 0 unspecified atom stereocenters. The van der Waals surface area contributed by atoms with Crippen LogP contribution in [0.15, 0.2) is 36.7 Å². The Bertz CT molecular complexity index is 537. The van der Waals surface area contributed by atoms with Gasteiger partial charge in [0, 0.05) is 29.9 Å². The number of unbranched alkanes of at least 4 members (excludes halogenated alkanes) is 2. The molecule has 2 rings (SSSR count). The summed E-state index contributed by atoms with van der Waals surface area (Å²) in [5.41, 5.74) is 0.713. The Morgan fingerprint density at radius 2 is 2.11 bits per heavy atom. The summed E-state index contributed by atoms with van der Waals surface area (Å²) in [4.78, 5) is 16.0. The largest absolute Gasteiger partial charge is 0.352 e. The molecule has 1 aromatic carbocycles. The van der Waals surface area contributed by atoms with Gasteiger partial charge in [0.25, 0.3) is 5.91 Å². The van der Waals surface area contributed by atoms with E-state index in [2.05, 4.69) is 17.2 Å². The Labute approximate surface area is 107 Å². The van der Waals surface area contributed by atoms with E-state index in [1.54, 1.807) is 12.4 Å². The van der Waals surface area contributed by atoms with Crippen molar-refractivity contribution in [3.05, 3.63) is 42.2 Å². The highest BCUT2D eigenvalue weighted by atomic mass is 16.1. The van der Waals surface area contributed by atoms with Crippen LogP contribution in [0.1, 0.15) is 36.5 Å². The number of aromatic nitrogens is 1. The van der Waals surface area contributed by atoms with Crippen LogP contribution < -0.4 is 5.32 Å². The average Bonchev–Trinajstić information content (AvgIpc) is 2.43. The molecule has 0 saturated heterocycles. The lowest BCUT2D eigenvalue weighted by Crippen LogP contribution is -2.24. The second-order valence-corrected chi connectivity index (χ2v) is 4.40. The first-order valence-corrected chi connectivity index (χ1v) is 6.43. The lowest BCUT2D eigenvalue weighted by Gasteiger charge is -2.05. The third-order valence-corrected chi connectivity index (χ3v) is 2.97. The van der Waals surface area contributed by atoms with Crippen LogP contribution in [0.2, 0.25) is 0 Å². The zero-order valence-corrected chi connectivity index (χ0v) is 10.6. The van der Waals surface area contributed by atoms with E-state index < -0.39 is 0 Å². The maximum absolute atomic E-state index is 11.9. The lowest BCUT2D eigenvalue weighted by molar-refractivity contribution is 0.0953. The zero-order chi connectivity index (χ0) is 12.8. The van der Waals surface area contributed by atoms with Crippen LogP contribution in [0.4, 0.5) is 0 Å². The highest BCUT2D eigenvalue weighted by molar-refractivity contribution is 5.98. The van der Waals surface area contributed by atoms with Crippen LogP contribution in [0.3, 0.4) is 0 Å². The van der Waals surface area contributed by atoms with Crippen LogP contribution in [0, 0.1) is 0 Å². The summed E-state index contributed by atoms with van der Waals surface area (Å²) in [6.07, 6.45) is 6.91. The molecule has 0 radical (unpaired) electrons. The monoisotopic (exact) mass is 242 g/mol. The van der Waals surface area contributed by atoms with Crippen LogP contribution in [0.5, 0.6) is 0 Å². The van der Waals surface area contributed by atoms with Crippen molar-refractivity contribution in [1.29, 1.82) is 0 Å². The first-order chi connectivity index (χ1) is 8.81. The molecule has 0 aliphatic heterocycles. The summed E-state index contributed by atoms with van der Waals surface area (Å²) >= 11 is 0. The Balaban J connectivity index is 2.04. The van der Waals surface area contributed by atoms with E-state index in [4.69, 9.17) is 0 Å². The predicted octanol–water partition coefficient (Wildman–Crippen LogP) is 3.15. The van der Waals surface area contributed by atoms with E-state index in [-0.39, 0.29) is 5.91 Å². The van der Waals surface area contributed by atoms with Gasteiger partial charge in [-0.15, -0.1) is 0 Å². The molecule has 1 amide bonds. The van der Waals surface area contributed by atoms with Gasteiger partial charge < -0.3 is 5.32 Å². The standard InChI is InChI=1S/C15H18N2O/c1-2-3-4-8-17-15(18)13-5-6-14-11-16-9-7-12(14)10-13/h5-7,9-11H,2-4,8H2,1H3,(H,17,18). The van der Waals surface area contributed by atoms with E-state index in [1.165, 1.54) is 6.42 Å². The van der Waals surface area contributed by atoms with Gasteiger partial charge in [-0.3, -0.25) is 9.78 Å². The van der Waals surface area contributed by atoms with Crippen LogP contribution in [-0.4, -0.2) is 17.4 Å². The van der Waals surface area contributed by atoms with Crippen LogP contribution in [0.25, 0.3) is 10.8 Å². The van der Waals surface area contributed by atoms with Gasteiger partial charge in [0.15, 0.2) is 0 Å². The number of benzene rings is 1. The molecule has 3 nitrogen and oxygen atoms in total. The highest BCUT2D eigenvalue weighted by Crippen LogP contribution is 2.14. The zero-order valence-electron chi connectivity index (χ0n) is 10.6. The van der Waals surface area contributed by atoms with E-state index >= 15 is 0 Å². The SMILES string of the molecule is CCCCCNC(=O)c1ccc2cnccc2c1. The van der Waals surface area contributed by atoms with Gasteiger partial charge in [-0.1, -0.05) is 25.8 Å². The molecular formula is C15H18N2O. The van der Waals surface area contributed by atoms with Gasteiger partial charge in [0.2, 0.25) is 0 Å². The van der Waals surface area contributed by atoms with Crippen LogP contribution >= 0.6 is 0 Å². The van der Waals surface area contributed by atoms with Gasteiger partial charge in [-0.05, 0) is 30.0 Å². The van der Waals surface area contributed by atoms with Crippen molar-refractivity contribution in [3.8, 4) is 0 Å². The average molecular weight is 242 g/mol. The molecule has 1 heterocycles. The molecule has 0 aliphatic rings. The molecule has 0 fully saturated rings. The second kappa shape index (κ2) is 6.15. The normalized spacial score (nSPS) is 10.5. The summed E-state index contributed by atoms with van der Waals surface area (Å²) < 4.78 is 0. The first kappa shape index (κ1) is 12.6. The number of hydrogen-bond acceptors (Lipinski definition) is 2. The second-order valence-electron chi connectivity index (χ2n) is 4.40. The Hall–Kier alpha value is -1.90. The van der Waals surface area contributed by atoms with Gasteiger partial charge in [0.05, 0.1) is 0 Å². The number of carbonyl (C=O) groups is 1. The number of fused-ring (bicyclic) bond motifs is 1. The van der Waals surface area contributed by atoms with Crippen molar-refractivity contribution < 1.29 is 4.79 Å². The number of hydrogen-bond donors (Lipinski definition) is 1. The van der Waals surface area contributed by atoms with E-state index in [0.29, 0.717) is 5.56 Å². The van der Waals surface area contributed by atoms with Gasteiger partial charge >= 0.3 is 0 Å². The maximum atomic E-state index is 11.9. The fourth-order valence-electron chi connectivity index (χ4n) is 1.90. The Morgan fingerprint density at radius 3 is 2.94 bits per heavy atom. The fraction of sp³-hybridized carbons (Fsp3) is 0.333. The molecule has 3 heteroatoms. The Kier molecular flexibility index (Phi) is 4.29. The summed E-state index contributed by atoms with van der Waals surface area (Å²) in [5, 5.41) is 5.05. The third-order valence-electron chi connectivity index (χ3n) is 2.97. The quantitative estimate of drug-likeness (QED) is 0.818. The minimum absolute atomic E-state index is 0.00446. The lowest BCUT2D eigenvalue weighted by atomic mass is 10.1. The van der Waals surface area contributed by atoms with Crippen LogP contribution in [-0.2, 0) is 0 Å². The molecule has 0 spiro atoms. The number of rotatable bonds is 5. The van der Waals surface area contributed by atoms with E-state index in [1.807, 2.05) is 24.3 Å². The molecule has 0 aliphatic carbocycles. The summed E-state index contributed by atoms with van der Waals surface area (Å²) in [7, 11) is 0. The summed E-state index contributed by atoms with van der Waals surface area (Å²) in [6.45, 7) is 2.90. The minimum atomic E-state index is 0.00446. The predicted molar refractivity (Wildman–Crippen MR) is 73.6 cm³/mol. The first-order valence-electron chi connectivity index (χ1n) is 6.43. The minimum Gasteiger partial charge on any atom is -0.352 e. The van der Waals surface area contributed by atoms with Gasteiger partial charge in [0.1, 0.15) is 0 Å². The van der Waals surface area contributed by atoms with E-state index in [9.17, 15) is 4.79 Å². The third kappa shape index (κ3) is 3.06. The molecule has 0 bridgehead atoms. The van der Waals surface area contributed by atoms with Crippen molar-refractivity contribution in [3.63, 3.8) is 0 Å². The Morgan fingerprint density at radius 1 is 1.22 bits per heavy atom. The number of amides is 1. The fourth-order valence-corrected chi connectivity index (χ4v) is 1.90. The van der Waals surface area contributed by atoms with Crippen molar-refractivity contribution >= 4 is 16.7 Å². The van der Waals surface area contributed by atoms with Crippen molar-refractivity contribution in [2.75, 3.05) is 6.54 Å². The van der Waals surface area contributed by atoms with Gasteiger partial charge in [-0.25, -0.2) is 0 Å². The number of pyridine rings is 1. The molecule has 94 valence electrons. The smallest absolute Gasteiger partial charge is 0.251 e. The molecule has 1 aromatic heterocycles. The molecule has 0 saturated carbocycles. The van der Waals surface area contributed by atoms with Crippen molar-refractivity contribution in [2.45, 2.75) is 26.2 Å². The summed E-state index contributed by atoms with van der Waals surface area (Å²) in [5.74, 6) is 0.00446. The molecule has 1 N–H and O–H groups in total. The molecule has 0 atom stereocenters. The molecular weight excluding hydrogens is 224 g/mol. The highest BCUT2D eigenvalue weighted by Gasteiger charge is 2.05. The maximum Gasteiger partial charge on any atom is 0.251 e. The van der Waals surface area contributed by atoms with Crippen molar-refractivity contribution in [1.82, 2.24) is 10.3 Å². The number of nitrogens with zero attached hydrogens (tertiary/aromatic N) is 1. The molecule has 18 heavy (non-hydrogen) atoms. The number of nitrogens with one attached hydrogen (secondary N) is 1. The van der Waals surface area contributed by atoms with Gasteiger partial charge in [-0.2, -0.15) is 0 Å². The topological polar surface area (TPSA) is 42.0 Å². The van der Waals surface area contributed by atoms with E-state index in [0.717, 1.165) is 30.2 Å². The molecule has 2 aromatic rings. The van der Waals surface area contributed by atoms with Crippen molar-refractivity contribution in [2.24, 2.45) is 0 Å². The number of carbonyl (C=O) groups excluding carboxylic acids is 1. The summed E-state index contributed by atoms with van der Waals surface area (Å²) in [6, 6.07) is 7.61.